The topological polar surface area (TPSA) is 48.2 Å². The minimum atomic E-state index is 0.285. The van der Waals surface area contributed by atoms with Gasteiger partial charge >= 0.3 is 0 Å². The predicted octanol–water partition coefficient (Wildman–Crippen LogP) is 4.67. The number of methoxy groups -OCH3 is 1. The standard InChI is InChI=1S/C18H15ClN2O2/c1-22-14-7-5-11(6-8-14)17-20-21-18(23-17)16-10-15(16)12-3-2-4-13(19)9-12/h2-9,15-16H,10H2,1H3. The maximum atomic E-state index is 6.06. The molecule has 2 unspecified atom stereocenters. The highest BCUT2D eigenvalue weighted by Crippen LogP contribution is 2.54. The van der Waals surface area contributed by atoms with E-state index in [4.69, 9.17) is 20.8 Å². The van der Waals surface area contributed by atoms with Crippen LogP contribution >= 0.6 is 11.6 Å². The SMILES string of the molecule is COc1ccc(-c2nnc(C3CC3c3cccc(Cl)c3)o2)cc1. The van der Waals surface area contributed by atoms with E-state index in [0.717, 1.165) is 22.8 Å². The first kappa shape index (κ1) is 14.3. The van der Waals surface area contributed by atoms with Crippen molar-refractivity contribution in [3.8, 4) is 17.2 Å². The summed E-state index contributed by atoms with van der Waals surface area (Å²) in [5.41, 5.74) is 2.12. The number of benzene rings is 2. The van der Waals surface area contributed by atoms with Gasteiger partial charge < -0.3 is 9.15 Å². The molecule has 2 atom stereocenters. The maximum absolute atomic E-state index is 6.06. The highest BCUT2D eigenvalue weighted by Gasteiger charge is 2.43. The van der Waals surface area contributed by atoms with E-state index in [1.165, 1.54) is 5.56 Å². The zero-order valence-corrected chi connectivity index (χ0v) is 13.3. The first-order valence-corrected chi connectivity index (χ1v) is 7.85. The molecule has 4 rings (SSSR count). The van der Waals surface area contributed by atoms with Crippen molar-refractivity contribution in [1.29, 1.82) is 0 Å². The summed E-state index contributed by atoms with van der Waals surface area (Å²) in [4.78, 5) is 0. The van der Waals surface area contributed by atoms with Crippen LogP contribution in [0.4, 0.5) is 0 Å². The van der Waals surface area contributed by atoms with Crippen LogP contribution in [0.25, 0.3) is 11.5 Å². The van der Waals surface area contributed by atoms with Crippen molar-refractivity contribution < 1.29 is 9.15 Å². The quantitative estimate of drug-likeness (QED) is 0.699. The van der Waals surface area contributed by atoms with Crippen molar-refractivity contribution in [2.45, 2.75) is 18.3 Å². The fourth-order valence-corrected chi connectivity index (χ4v) is 3.01. The van der Waals surface area contributed by atoms with Crippen molar-refractivity contribution in [3.63, 3.8) is 0 Å². The van der Waals surface area contributed by atoms with Gasteiger partial charge in [-0.2, -0.15) is 0 Å². The Morgan fingerprint density at radius 2 is 1.91 bits per heavy atom. The fourth-order valence-electron chi connectivity index (χ4n) is 2.81. The zero-order chi connectivity index (χ0) is 15.8. The van der Waals surface area contributed by atoms with Gasteiger partial charge in [0, 0.05) is 16.5 Å². The second-order valence-electron chi connectivity index (χ2n) is 5.68. The Balaban J connectivity index is 1.52. The van der Waals surface area contributed by atoms with E-state index in [2.05, 4.69) is 16.3 Å². The summed E-state index contributed by atoms with van der Waals surface area (Å²) in [7, 11) is 1.64. The van der Waals surface area contributed by atoms with E-state index in [1.807, 2.05) is 42.5 Å². The molecule has 1 aliphatic rings. The lowest BCUT2D eigenvalue weighted by Gasteiger charge is -2.00. The molecule has 0 radical (unpaired) electrons. The third-order valence-electron chi connectivity index (χ3n) is 4.16. The van der Waals surface area contributed by atoms with Crippen LogP contribution in [0.15, 0.2) is 52.9 Å². The summed E-state index contributed by atoms with van der Waals surface area (Å²) in [5.74, 6) is 2.74. The molecule has 1 heterocycles. The maximum Gasteiger partial charge on any atom is 0.247 e. The molecule has 5 heteroatoms. The first-order chi connectivity index (χ1) is 11.2. The van der Waals surface area contributed by atoms with E-state index in [-0.39, 0.29) is 5.92 Å². The minimum absolute atomic E-state index is 0.285. The lowest BCUT2D eigenvalue weighted by Crippen LogP contribution is -1.84. The summed E-state index contributed by atoms with van der Waals surface area (Å²) in [6, 6.07) is 15.6. The van der Waals surface area contributed by atoms with E-state index in [0.29, 0.717) is 17.7 Å². The molecular formula is C18H15ClN2O2. The molecule has 0 spiro atoms. The third-order valence-corrected chi connectivity index (χ3v) is 4.40. The van der Waals surface area contributed by atoms with Gasteiger partial charge in [0.25, 0.3) is 0 Å². The number of ether oxygens (including phenoxy) is 1. The third kappa shape index (κ3) is 2.82. The first-order valence-electron chi connectivity index (χ1n) is 7.48. The van der Waals surface area contributed by atoms with E-state index >= 15 is 0 Å². The van der Waals surface area contributed by atoms with Gasteiger partial charge in [-0.3, -0.25) is 0 Å². The molecule has 0 saturated heterocycles. The lowest BCUT2D eigenvalue weighted by molar-refractivity contribution is 0.415. The largest absolute Gasteiger partial charge is 0.497 e. The lowest BCUT2D eigenvalue weighted by atomic mass is 10.1. The molecular weight excluding hydrogens is 312 g/mol. The molecule has 0 N–H and O–H groups in total. The molecule has 23 heavy (non-hydrogen) atoms. The predicted molar refractivity (Wildman–Crippen MR) is 87.8 cm³/mol. The van der Waals surface area contributed by atoms with E-state index < -0.39 is 0 Å². The van der Waals surface area contributed by atoms with Gasteiger partial charge in [-0.05, 0) is 54.3 Å². The summed E-state index contributed by atoms with van der Waals surface area (Å²) in [5, 5.41) is 9.14. The van der Waals surface area contributed by atoms with Gasteiger partial charge in [0.1, 0.15) is 5.75 Å². The van der Waals surface area contributed by atoms with Gasteiger partial charge in [-0.25, -0.2) is 0 Å². The van der Waals surface area contributed by atoms with Crippen molar-refractivity contribution in [2.24, 2.45) is 0 Å². The van der Waals surface area contributed by atoms with Crippen LogP contribution in [-0.4, -0.2) is 17.3 Å². The van der Waals surface area contributed by atoms with Crippen LogP contribution in [0, 0.1) is 0 Å². The molecule has 1 aliphatic carbocycles. The highest BCUT2D eigenvalue weighted by molar-refractivity contribution is 6.30. The van der Waals surface area contributed by atoms with Crippen LogP contribution in [0.2, 0.25) is 5.02 Å². The Hall–Kier alpha value is -2.33. The van der Waals surface area contributed by atoms with Gasteiger partial charge in [0.15, 0.2) is 0 Å². The van der Waals surface area contributed by atoms with E-state index in [1.54, 1.807) is 7.11 Å². The molecule has 0 bridgehead atoms. The highest BCUT2D eigenvalue weighted by atomic mass is 35.5. The fraction of sp³-hybridized carbons (Fsp3) is 0.222. The van der Waals surface area contributed by atoms with Crippen molar-refractivity contribution in [3.05, 3.63) is 65.0 Å². The Labute approximate surface area is 139 Å². The number of hydrogen-bond donors (Lipinski definition) is 0. The molecule has 1 saturated carbocycles. The summed E-state index contributed by atoms with van der Waals surface area (Å²) in [6.45, 7) is 0. The number of aromatic nitrogens is 2. The van der Waals surface area contributed by atoms with Crippen molar-refractivity contribution in [2.75, 3.05) is 7.11 Å². The smallest absolute Gasteiger partial charge is 0.247 e. The molecule has 1 aromatic heterocycles. The van der Waals surface area contributed by atoms with Crippen LogP contribution in [0.3, 0.4) is 0 Å². The van der Waals surface area contributed by atoms with Gasteiger partial charge in [0.05, 0.1) is 7.11 Å². The van der Waals surface area contributed by atoms with E-state index in [9.17, 15) is 0 Å². The Bertz CT molecular complexity index is 829. The summed E-state index contributed by atoms with van der Waals surface area (Å²) >= 11 is 6.06. The molecule has 3 aromatic rings. The molecule has 4 nitrogen and oxygen atoms in total. The Morgan fingerprint density at radius 3 is 2.65 bits per heavy atom. The second-order valence-corrected chi connectivity index (χ2v) is 6.11. The van der Waals surface area contributed by atoms with Gasteiger partial charge in [-0.1, -0.05) is 23.7 Å². The molecule has 1 fully saturated rings. The zero-order valence-electron chi connectivity index (χ0n) is 12.6. The van der Waals surface area contributed by atoms with Crippen LogP contribution in [0.5, 0.6) is 5.75 Å². The van der Waals surface area contributed by atoms with Gasteiger partial charge in [-0.15, -0.1) is 10.2 Å². The minimum Gasteiger partial charge on any atom is -0.497 e. The molecule has 0 amide bonds. The number of halogens is 1. The Morgan fingerprint density at radius 1 is 1.09 bits per heavy atom. The van der Waals surface area contributed by atoms with Crippen LogP contribution < -0.4 is 4.74 Å². The second kappa shape index (κ2) is 5.70. The summed E-state index contributed by atoms with van der Waals surface area (Å²) in [6.07, 6.45) is 1.02. The number of hydrogen-bond acceptors (Lipinski definition) is 4. The monoisotopic (exact) mass is 326 g/mol. The normalized spacial score (nSPS) is 19.6. The molecule has 2 aromatic carbocycles. The van der Waals surface area contributed by atoms with Crippen molar-refractivity contribution >= 4 is 11.6 Å². The van der Waals surface area contributed by atoms with Crippen molar-refractivity contribution in [1.82, 2.24) is 10.2 Å². The number of nitrogens with zero attached hydrogens (tertiary/aromatic N) is 2. The Kier molecular flexibility index (Phi) is 3.54. The number of rotatable bonds is 4. The average molecular weight is 327 g/mol. The average Bonchev–Trinajstić information content (AvgIpc) is 3.24. The van der Waals surface area contributed by atoms with Crippen LogP contribution in [-0.2, 0) is 0 Å². The summed E-state index contributed by atoms with van der Waals surface area (Å²) < 4.78 is 11.0. The van der Waals surface area contributed by atoms with Crippen LogP contribution in [0.1, 0.15) is 29.7 Å². The van der Waals surface area contributed by atoms with Gasteiger partial charge in [0.2, 0.25) is 11.8 Å². The molecule has 116 valence electrons. The molecule has 0 aliphatic heterocycles.